The maximum Gasteiger partial charge on any atom is 0.306 e. The van der Waals surface area contributed by atoms with Gasteiger partial charge in [0.2, 0.25) is 0 Å². The maximum absolute atomic E-state index is 12.3. The van der Waals surface area contributed by atoms with Crippen LogP contribution < -0.4 is 9.47 Å². The Labute approximate surface area is 193 Å². The second kappa shape index (κ2) is 14.5. The summed E-state index contributed by atoms with van der Waals surface area (Å²) >= 11 is 0. The molecule has 176 valence electrons. The van der Waals surface area contributed by atoms with Gasteiger partial charge in [-0.3, -0.25) is 4.79 Å². The number of hydrogen-bond donors (Lipinski definition) is 0. The molecule has 0 heterocycles. The second-order valence-corrected chi connectivity index (χ2v) is 8.45. The van der Waals surface area contributed by atoms with Gasteiger partial charge < -0.3 is 19.1 Å². The third-order valence-corrected chi connectivity index (χ3v) is 5.34. The number of hydrogen-bond acceptors (Lipinski definition) is 5. The van der Waals surface area contributed by atoms with E-state index in [1.807, 2.05) is 49.3 Å². The summed E-state index contributed by atoms with van der Waals surface area (Å²) in [6.45, 7) is 3.14. The van der Waals surface area contributed by atoms with Gasteiger partial charge in [0.25, 0.3) is 0 Å². The SMILES string of the molecule is CCCCCCC(=O)O[C@H](COc1ccccc1CCc1ccc(OC)cc1)CN(C)C. The Morgan fingerprint density at radius 2 is 1.72 bits per heavy atom. The van der Waals surface area contributed by atoms with Crippen LogP contribution in [-0.2, 0) is 22.4 Å². The highest BCUT2D eigenvalue weighted by atomic mass is 16.6. The van der Waals surface area contributed by atoms with Gasteiger partial charge in [-0.25, -0.2) is 0 Å². The zero-order chi connectivity index (χ0) is 23.2. The topological polar surface area (TPSA) is 48.0 Å². The lowest BCUT2D eigenvalue weighted by molar-refractivity contribution is -0.151. The predicted molar refractivity (Wildman–Crippen MR) is 130 cm³/mol. The van der Waals surface area contributed by atoms with E-state index in [-0.39, 0.29) is 12.1 Å². The quantitative estimate of drug-likeness (QED) is 0.277. The Balaban J connectivity index is 1.91. The fourth-order valence-corrected chi connectivity index (χ4v) is 3.58. The lowest BCUT2D eigenvalue weighted by atomic mass is 10.0. The number of benzene rings is 2. The zero-order valence-electron chi connectivity index (χ0n) is 20.1. The minimum absolute atomic E-state index is 0.135. The first-order chi connectivity index (χ1) is 15.5. The number of unbranched alkanes of at least 4 members (excludes halogenated alkanes) is 3. The summed E-state index contributed by atoms with van der Waals surface area (Å²) in [6.07, 6.45) is 6.24. The standard InChI is InChI=1S/C27H39NO4/c1-5-6-7-8-13-27(29)32-25(20-28(2)3)21-31-26-12-10-9-11-23(26)17-14-22-15-18-24(30-4)19-16-22/h9-12,15-16,18-19,25H,5-8,13-14,17,20-21H2,1-4H3/t25-/m0/s1. The van der Waals surface area contributed by atoms with Crippen molar-refractivity contribution in [1.82, 2.24) is 4.90 Å². The first-order valence-corrected chi connectivity index (χ1v) is 11.7. The first kappa shape index (κ1) is 25.7. The molecule has 1 atom stereocenters. The van der Waals surface area contributed by atoms with E-state index in [0.717, 1.165) is 55.6 Å². The summed E-state index contributed by atoms with van der Waals surface area (Å²) < 4.78 is 17.1. The summed E-state index contributed by atoms with van der Waals surface area (Å²) in [5.74, 6) is 1.58. The Kier molecular flexibility index (Phi) is 11.7. The van der Waals surface area contributed by atoms with Gasteiger partial charge in [0, 0.05) is 13.0 Å². The van der Waals surface area contributed by atoms with Crippen molar-refractivity contribution in [2.45, 2.75) is 58.0 Å². The van der Waals surface area contributed by atoms with Gasteiger partial charge in [-0.05, 0) is 62.7 Å². The molecule has 0 amide bonds. The number of methoxy groups -OCH3 is 1. The van der Waals surface area contributed by atoms with Crippen molar-refractivity contribution in [2.24, 2.45) is 0 Å². The van der Waals surface area contributed by atoms with Gasteiger partial charge in [-0.2, -0.15) is 0 Å². The molecule has 0 bridgehead atoms. The van der Waals surface area contributed by atoms with Gasteiger partial charge >= 0.3 is 5.97 Å². The zero-order valence-corrected chi connectivity index (χ0v) is 20.1. The van der Waals surface area contributed by atoms with Gasteiger partial charge in [0.1, 0.15) is 24.2 Å². The molecule has 0 unspecified atom stereocenters. The molecular weight excluding hydrogens is 402 g/mol. The van der Waals surface area contributed by atoms with Crippen molar-refractivity contribution >= 4 is 5.97 Å². The van der Waals surface area contributed by atoms with Crippen molar-refractivity contribution in [3.05, 3.63) is 59.7 Å². The molecule has 0 fully saturated rings. The molecule has 0 aliphatic carbocycles. The van der Waals surface area contributed by atoms with Crippen LogP contribution in [0.2, 0.25) is 0 Å². The molecule has 0 spiro atoms. The van der Waals surface area contributed by atoms with Crippen LogP contribution in [0.25, 0.3) is 0 Å². The van der Waals surface area contributed by atoms with Gasteiger partial charge in [0.05, 0.1) is 7.11 Å². The third kappa shape index (κ3) is 9.73. The van der Waals surface area contributed by atoms with E-state index >= 15 is 0 Å². The molecule has 2 aromatic rings. The average molecular weight is 442 g/mol. The lowest BCUT2D eigenvalue weighted by Gasteiger charge is -2.22. The lowest BCUT2D eigenvalue weighted by Crippen LogP contribution is -2.35. The number of carbonyl (C=O) groups is 1. The number of carbonyl (C=O) groups excluding carboxylic acids is 1. The number of esters is 1. The molecule has 0 N–H and O–H groups in total. The van der Waals surface area contributed by atoms with Crippen LogP contribution in [0.3, 0.4) is 0 Å². The molecule has 0 saturated carbocycles. The van der Waals surface area contributed by atoms with Crippen molar-refractivity contribution in [3.8, 4) is 11.5 Å². The smallest absolute Gasteiger partial charge is 0.306 e. The van der Waals surface area contributed by atoms with Crippen LogP contribution in [0.5, 0.6) is 11.5 Å². The molecule has 2 aromatic carbocycles. The fraction of sp³-hybridized carbons (Fsp3) is 0.519. The van der Waals surface area contributed by atoms with Gasteiger partial charge in [-0.1, -0.05) is 56.5 Å². The van der Waals surface area contributed by atoms with Crippen molar-refractivity contribution < 1.29 is 19.0 Å². The molecule has 5 heteroatoms. The van der Waals surface area contributed by atoms with Crippen molar-refractivity contribution in [1.29, 1.82) is 0 Å². The molecule has 0 radical (unpaired) electrons. The van der Waals surface area contributed by atoms with Crippen LogP contribution in [0.4, 0.5) is 0 Å². The van der Waals surface area contributed by atoms with Crippen LogP contribution >= 0.6 is 0 Å². The fourth-order valence-electron chi connectivity index (χ4n) is 3.58. The highest BCUT2D eigenvalue weighted by Crippen LogP contribution is 2.21. The van der Waals surface area contributed by atoms with Crippen LogP contribution in [0, 0.1) is 0 Å². The van der Waals surface area contributed by atoms with Crippen LogP contribution in [-0.4, -0.2) is 51.3 Å². The average Bonchev–Trinajstić information content (AvgIpc) is 2.79. The Hall–Kier alpha value is -2.53. The highest BCUT2D eigenvalue weighted by molar-refractivity contribution is 5.69. The summed E-state index contributed by atoms with van der Waals surface area (Å²) in [5.41, 5.74) is 2.40. The normalized spacial score (nSPS) is 11.9. The predicted octanol–water partition coefficient (Wildman–Crippen LogP) is 5.30. The summed E-state index contributed by atoms with van der Waals surface area (Å²) in [7, 11) is 5.63. The van der Waals surface area contributed by atoms with E-state index in [9.17, 15) is 4.79 Å². The number of rotatable bonds is 15. The Morgan fingerprint density at radius 1 is 0.969 bits per heavy atom. The summed E-state index contributed by atoms with van der Waals surface area (Å²) in [5, 5.41) is 0. The van der Waals surface area contributed by atoms with Crippen molar-refractivity contribution in [3.63, 3.8) is 0 Å². The van der Waals surface area contributed by atoms with Crippen LogP contribution in [0.15, 0.2) is 48.5 Å². The minimum Gasteiger partial charge on any atom is -0.497 e. The molecule has 0 aliphatic rings. The van der Waals surface area contributed by atoms with Crippen molar-refractivity contribution in [2.75, 3.05) is 34.4 Å². The number of nitrogens with zero attached hydrogens (tertiary/aromatic N) is 1. The molecule has 32 heavy (non-hydrogen) atoms. The van der Waals surface area contributed by atoms with Crippen LogP contribution in [0.1, 0.15) is 50.2 Å². The molecule has 5 nitrogen and oxygen atoms in total. The summed E-state index contributed by atoms with van der Waals surface area (Å²) in [6, 6.07) is 16.3. The van der Waals surface area contributed by atoms with E-state index in [0.29, 0.717) is 19.6 Å². The number of para-hydroxylation sites is 1. The van der Waals surface area contributed by atoms with E-state index in [2.05, 4.69) is 25.1 Å². The third-order valence-electron chi connectivity index (χ3n) is 5.34. The number of aryl methyl sites for hydroxylation is 2. The molecule has 0 saturated heterocycles. The van der Waals surface area contributed by atoms with E-state index in [1.165, 1.54) is 5.56 Å². The van der Waals surface area contributed by atoms with E-state index in [1.54, 1.807) is 7.11 Å². The molecule has 0 aliphatic heterocycles. The minimum atomic E-state index is -0.293. The maximum atomic E-state index is 12.3. The first-order valence-electron chi connectivity index (χ1n) is 11.7. The van der Waals surface area contributed by atoms with Gasteiger partial charge in [-0.15, -0.1) is 0 Å². The Morgan fingerprint density at radius 3 is 2.41 bits per heavy atom. The molecular formula is C27H39NO4. The largest absolute Gasteiger partial charge is 0.497 e. The highest BCUT2D eigenvalue weighted by Gasteiger charge is 2.17. The number of likely N-dealkylation sites (N-methyl/N-ethyl adjacent to an activating group) is 1. The monoisotopic (exact) mass is 441 g/mol. The second-order valence-electron chi connectivity index (χ2n) is 8.45. The Bertz CT molecular complexity index is 788. The van der Waals surface area contributed by atoms with E-state index < -0.39 is 0 Å². The van der Waals surface area contributed by atoms with Gasteiger partial charge in [0.15, 0.2) is 0 Å². The summed E-state index contributed by atoms with van der Waals surface area (Å²) in [4.78, 5) is 14.3. The molecule has 2 rings (SSSR count). The van der Waals surface area contributed by atoms with E-state index in [4.69, 9.17) is 14.2 Å². The molecule has 0 aromatic heterocycles. The number of ether oxygens (including phenoxy) is 3.